The van der Waals surface area contributed by atoms with E-state index in [1.807, 2.05) is 0 Å². The van der Waals surface area contributed by atoms with E-state index in [1.54, 1.807) is 30.6 Å². The highest BCUT2D eigenvalue weighted by Gasteiger charge is 2.36. The number of anilines is 3. The lowest BCUT2D eigenvalue weighted by Gasteiger charge is -2.30. The number of likely N-dealkylation sites (tertiary alicyclic amines) is 1. The van der Waals surface area contributed by atoms with Crippen molar-refractivity contribution in [3.63, 3.8) is 0 Å². The number of hydrogen-bond acceptors (Lipinski definition) is 7. The van der Waals surface area contributed by atoms with Gasteiger partial charge in [-0.2, -0.15) is 5.26 Å². The molecule has 9 nitrogen and oxygen atoms in total. The molecule has 0 unspecified atom stereocenters. The normalized spacial score (nSPS) is 14.8. The summed E-state index contributed by atoms with van der Waals surface area (Å²) in [5.41, 5.74) is 2.77. The molecule has 6 rings (SSSR count). The second kappa shape index (κ2) is 11.1. The smallest absolute Gasteiger partial charge is 0.331 e. The van der Waals surface area contributed by atoms with Crippen LogP contribution < -0.4 is 15.5 Å². The summed E-state index contributed by atoms with van der Waals surface area (Å²) in [6, 6.07) is 9.43. The van der Waals surface area contributed by atoms with E-state index < -0.39 is 11.8 Å². The van der Waals surface area contributed by atoms with Crippen molar-refractivity contribution in [2.24, 2.45) is 0 Å². The number of halogens is 2. The van der Waals surface area contributed by atoms with Gasteiger partial charge in [-0.15, -0.1) is 11.3 Å². The average molecular weight is 668 g/mol. The van der Waals surface area contributed by atoms with Crippen molar-refractivity contribution in [3.05, 3.63) is 64.5 Å². The Labute approximate surface area is 247 Å². The highest BCUT2D eigenvalue weighted by Crippen LogP contribution is 2.49. The van der Waals surface area contributed by atoms with Crippen molar-refractivity contribution in [3.8, 4) is 17.3 Å². The third kappa shape index (κ3) is 4.67. The second-order valence-electron chi connectivity index (χ2n) is 9.49. The molecule has 1 fully saturated rings. The van der Waals surface area contributed by atoms with Gasteiger partial charge in [-0.1, -0.05) is 28.7 Å². The van der Waals surface area contributed by atoms with Crippen LogP contribution in [0.3, 0.4) is 0 Å². The van der Waals surface area contributed by atoms with Crippen LogP contribution in [0.2, 0.25) is 0 Å². The molecule has 40 heavy (non-hydrogen) atoms. The van der Waals surface area contributed by atoms with Gasteiger partial charge in [0.2, 0.25) is 0 Å². The number of carbonyl (C=O) groups excluding carboxylic acids is 2. The van der Waals surface area contributed by atoms with Gasteiger partial charge in [-0.25, -0.2) is 14.2 Å². The molecule has 12 heteroatoms. The Kier molecular flexibility index (Phi) is 7.35. The highest BCUT2D eigenvalue weighted by atomic mass is 127. The zero-order valence-corrected chi connectivity index (χ0v) is 24.2. The monoisotopic (exact) mass is 667 g/mol. The molecule has 0 aliphatic carbocycles. The predicted octanol–water partition coefficient (Wildman–Crippen LogP) is 5.81. The average Bonchev–Trinajstić information content (AvgIpc) is 3.62. The second-order valence-corrected chi connectivity index (χ2v) is 11.3. The minimum absolute atomic E-state index is 0.121. The standard InChI is InChI=1S/C28H23FIN7O2S/c29-17-4-3-16(14-30)19(13-17)22-20(15-31)24-21-23(35-28(39)37(24)18-5-7-32-8-6-18)25(40-27(21)34-22)26(38)33-9-12-36-10-1-2-11-36/h3-8,13H,1-2,9-12,14H2,(H,33,38)(H,35,39). The van der Waals surface area contributed by atoms with Crippen LogP contribution in [-0.4, -0.2) is 53.0 Å². The molecule has 2 N–H and O–H groups in total. The van der Waals surface area contributed by atoms with E-state index in [2.05, 4.69) is 49.2 Å². The topological polar surface area (TPSA) is 114 Å². The number of pyridine rings is 2. The fourth-order valence-electron chi connectivity index (χ4n) is 5.22. The van der Waals surface area contributed by atoms with E-state index in [9.17, 15) is 19.2 Å². The molecule has 3 aromatic heterocycles. The van der Waals surface area contributed by atoms with E-state index in [1.165, 1.54) is 17.0 Å². The number of carbonyl (C=O) groups is 2. The summed E-state index contributed by atoms with van der Waals surface area (Å²) in [5.74, 6) is -0.781. The first-order chi connectivity index (χ1) is 19.5. The fourth-order valence-corrected chi connectivity index (χ4v) is 6.94. The van der Waals surface area contributed by atoms with Crippen molar-refractivity contribution in [2.45, 2.75) is 17.3 Å². The Morgan fingerprint density at radius 3 is 2.73 bits per heavy atom. The summed E-state index contributed by atoms with van der Waals surface area (Å²) in [7, 11) is 0. The third-order valence-electron chi connectivity index (χ3n) is 7.09. The van der Waals surface area contributed by atoms with Gasteiger partial charge in [0.1, 0.15) is 27.2 Å². The summed E-state index contributed by atoms with van der Waals surface area (Å²) in [4.78, 5) is 40.3. The van der Waals surface area contributed by atoms with Crippen molar-refractivity contribution >= 4 is 73.1 Å². The minimum Gasteiger partial charge on any atom is -0.350 e. The number of alkyl halides is 1. The fraction of sp³-hybridized carbons (Fsp3) is 0.250. The van der Waals surface area contributed by atoms with Gasteiger partial charge in [0.25, 0.3) is 5.91 Å². The zero-order chi connectivity index (χ0) is 27.8. The lowest BCUT2D eigenvalue weighted by Crippen LogP contribution is -2.36. The van der Waals surface area contributed by atoms with Crippen molar-refractivity contribution < 1.29 is 14.0 Å². The minimum atomic E-state index is -0.522. The molecule has 2 aliphatic heterocycles. The zero-order valence-electron chi connectivity index (χ0n) is 21.2. The first-order valence-electron chi connectivity index (χ1n) is 12.8. The Balaban J connectivity index is 1.54. The maximum atomic E-state index is 14.5. The SMILES string of the molecule is N#Cc1c(-c2cc(F)ccc2CI)nc2sc(C(=O)NCCN3CCCC3)c3c2c1N(c1ccncc1)C(=O)N3. The van der Waals surface area contributed by atoms with Crippen LogP contribution in [0.15, 0.2) is 42.7 Å². The summed E-state index contributed by atoms with van der Waals surface area (Å²) in [6.45, 7) is 3.27. The van der Waals surface area contributed by atoms with E-state index in [0.717, 1.165) is 49.4 Å². The van der Waals surface area contributed by atoms with Crippen molar-refractivity contribution in [1.29, 1.82) is 5.26 Å². The molecule has 1 saturated heterocycles. The molecule has 4 aromatic rings. The molecule has 3 amide bonds. The molecule has 2 aliphatic rings. The van der Waals surface area contributed by atoms with Crippen LogP contribution in [0.25, 0.3) is 21.5 Å². The highest BCUT2D eigenvalue weighted by molar-refractivity contribution is 14.1. The number of aromatic nitrogens is 2. The molecular formula is C28H23FIN7O2S. The lowest BCUT2D eigenvalue weighted by atomic mass is 9.97. The van der Waals surface area contributed by atoms with Gasteiger partial charge in [0.15, 0.2) is 0 Å². The van der Waals surface area contributed by atoms with Gasteiger partial charge >= 0.3 is 6.03 Å². The molecule has 0 radical (unpaired) electrons. The number of benzene rings is 1. The number of thiophene rings is 1. The Morgan fingerprint density at radius 1 is 1.23 bits per heavy atom. The molecule has 1 aromatic carbocycles. The Hall–Kier alpha value is -3.67. The van der Waals surface area contributed by atoms with Crippen LogP contribution in [0.4, 0.5) is 26.2 Å². The Bertz CT molecular complexity index is 1680. The number of nitrogens with zero attached hydrogens (tertiary/aromatic N) is 5. The van der Waals surface area contributed by atoms with Crippen LogP contribution >= 0.6 is 33.9 Å². The number of nitrogens with one attached hydrogen (secondary N) is 2. The van der Waals surface area contributed by atoms with Crippen LogP contribution in [0, 0.1) is 17.1 Å². The van der Waals surface area contributed by atoms with E-state index in [0.29, 0.717) is 48.7 Å². The van der Waals surface area contributed by atoms with Crippen LogP contribution in [0.5, 0.6) is 0 Å². The number of nitriles is 1. The predicted molar refractivity (Wildman–Crippen MR) is 161 cm³/mol. The number of urea groups is 1. The largest absolute Gasteiger partial charge is 0.350 e. The molecule has 5 heterocycles. The van der Waals surface area contributed by atoms with E-state index in [-0.39, 0.29) is 17.2 Å². The summed E-state index contributed by atoms with van der Waals surface area (Å²) in [6.07, 6.45) is 5.43. The molecule has 0 spiro atoms. The van der Waals surface area contributed by atoms with Gasteiger partial charge < -0.3 is 15.5 Å². The van der Waals surface area contributed by atoms with E-state index >= 15 is 0 Å². The first-order valence-corrected chi connectivity index (χ1v) is 15.1. The molecular weight excluding hydrogens is 644 g/mol. The molecule has 0 saturated carbocycles. The third-order valence-corrected chi connectivity index (χ3v) is 9.00. The number of rotatable bonds is 7. The van der Waals surface area contributed by atoms with Crippen LogP contribution in [-0.2, 0) is 4.43 Å². The van der Waals surface area contributed by atoms with Gasteiger partial charge in [-0.3, -0.25) is 14.7 Å². The lowest BCUT2D eigenvalue weighted by molar-refractivity contribution is 0.0954. The van der Waals surface area contributed by atoms with Gasteiger partial charge in [-0.05, 0) is 55.8 Å². The van der Waals surface area contributed by atoms with Gasteiger partial charge in [0.05, 0.1) is 28.1 Å². The Morgan fingerprint density at radius 2 is 2.00 bits per heavy atom. The summed E-state index contributed by atoms with van der Waals surface area (Å²) in [5, 5.41) is 16.8. The molecule has 0 atom stereocenters. The van der Waals surface area contributed by atoms with Crippen molar-refractivity contribution in [2.75, 3.05) is 36.4 Å². The van der Waals surface area contributed by atoms with Crippen molar-refractivity contribution in [1.82, 2.24) is 20.2 Å². The quantitative estimate of drug-likeness (QED) is 0.190. The van der Waals surface area contributed by atoms with Gasteiger partial charge in [0, 0.05) is 35.5 Å². The number of hydrogen-bond donors (Lipinski definition) is 2. The molecule has 202 valence electrons. The van der Waals surface area contributed by atoms with Crippen LogP contribution in [0.1, 0.15) is 33.6 Å². The summed E-state index contributed by atoms with van der Waals surface area (Å²) >= 11 is 3.32. The maximum absolute atomic E-state index is 14.5. The molecule has 0 bridgehead atoms. The number of amides is 3. The maximum Gasteiger partial charge on any atom is 0.331 e. The van der Waals surface area contributed by atoms with E-state index in [4.69, 9.17) is 4.98 Å². The first kappa shape index (κ1) is 26.5. The summed E-state index contributed by atoms with van der Waals surface area (Å²) < 4.78 is 15.0.